The average molecular weight is 286 g/mol. The Bertz CT molecular complexity index is 659. The van der Waals surface area contributed by atoms with Gasteiger partial charge in [0.05, 0.1) is 35.8 Å². The van der Waals surface area contributed by atoms with Crippen LogP contribution in [0.4, 0.5) is 5.69 Å². The quantitative estimate of drug-likeness (QED) is 0.859. The van der Waals surface area contributed by atoms with Crippen LogP contribution in [-0.4, -0.2) is 28.6 Å². The van der Waals surface area contributed by atoms with Crippen LogP contribution in [0.3, 0.4) is 0 Å². The van der Waals surface area contributed by atoms with E-state index < -0.39 is 11.8 Å². The lowest BCUT2D eigenvalue weighted by atomic mass is 10.1. The topological polar surface area (TPSA) is 107 Å². The molecule has 0 aliphatic rings. The third kappa shape index (κ3) is 3.53. The molecule has 108 valence electrons. The molecule has 1 aromatic carbocycles. The summed E-state index contributed by atoms with van der Waals surface area (Å²) >= 11 is 0. The van der Waals surface area contributed by atoms with Gasteiger partial charge in [0.1, 0.15) is 5.75 Å². The molecule has 21 heavy (non-hydrogen) atoms. The zero-order chi connectivity index (χ0) is 15.2. The van der Waals surface area contributed by atoms with Crippen molar-refractivity contribution in [1.82, 2.24) is 10.2 Å². The van der Waals surface area contributed by atoms with Crippen molar-refractivity contribution in [3.63, 3.8) is 0 Å². The number of primary amides is 1. The first-order chi connectivity index (χ1) is 10.1. The van der Waals surface area contributed by atoms with Gasteiger partial charge in [-0.3, -0.25) is 9.59 Å². The largest absolute Gasteiger partial charge is 0.494 e. The van der Waals surface area contributed by atoms with Gasteiger partial charge in [0.25, 0.3) is 11.8 Å². The highest BCUT2D eigenvalue weighted by molar-refractivity contribution is 6.08. The standard InChI is InChI=1S/C14H14N4O3/c1-2-21-10-3-4-12(11(7-10)13(15)19)18-14(20)9-5-6-16-17-8-9/h3-8H,2H2,1H3,(H2,15,19)(H,18,20). The zero-order valence-electron chi connectivity index (χ0n) is 11.4. The maximum absolute atomic E-state index is 12.0. The van der Waals surface area contributed by atoms with Crippen LogP contribution in [-0.2, 0) is 0 Å². The fourth-order valence-electron chi connectivity index (χ4n) is 1.71. The maximum atomic E-state index is 12.0. The fourth-order valence-corrected chi connectivity index (χ4v) is 1.71. The Balaban J connectivity index is 2.27. The average Bonchev–Trinajstić information content (AvgIpc) is 2.49. The number of amides is 2. The van der Waals surface area contributed by atoms with Gasteiger partial charge < -0.3 is 15.8 Å². The molecular formula is C14H14N4O3. The molecule has 1 heterocycles. The lowest BCUT2D eigenvalue weighted by Crippen LogP contribution is -2.18. The van der Waals surface area contributed by atoms with Crippen molar-refractivity contribution in [2.75, 3.05) is 11.9 Å². The Kier molecular flexibility index (Phi) is 4.45. The molecule has 0 fully saturated rings. The van der Waals surface area contributed by atoms with Crippen molar-refractivity contribution < 1.29 is 14.3 Å². The second kappa shape index (κ2) is 6.47. The van der Waals surface area contributed by atoms with Crippen LogP contribution in [0.2, 0.25) is 0 Å². The van der Waals surface area contributed by atoms with E-state index in [-0.39, 0.29) is 5.56 Å². The molecule has 0 unspecified atom stereocenters. The highest BCUT2D eigenvalue weighted by atomic mass is 16.5. The first-order valence-corrected chi connectivity index (χ1v) is 6.26. The second-order valence-electron chi connectivity index (χ2n) is 4.09. The van der Waals surface area contributed by atoms with E-state index in [1.54, 1.807) is 12.1 Å². The number of nitrogens with two attached hydrogens (primary N) is 1. The van der Waals surface area contributed by atoms with Gasteiger partial charge in [0.15, 0.2) is 0 Å². The molecule has 0 aliphatic carbocycles. The minimum atomic E-state index is -0.653. The number of carbonyl (C=O) groups is 2. The minimum absolute atomic E-state index is 0.177. The molecule has 2 rings (SSSR count). The summed E-state index contributed by atoms with van der Waals surface area (Å²) in [5.74, 6) is -0.550. The number of benzene rings is 1. The number of hydrogen-bond donors (Lipinski definition) is 2. The number of aromatic nitrogens is 2. The van der Waals surface area contributed by atoms with Crippen LogP contribution >= 0.6 is 0 Å². The summed E-state index contributed by atoms with van der Waals surface area (Å²) in [6.45, 7) is 2.29. The highest BCUT2D eigenvalue weighted by Gasteiger charge is 2.13. The van der Waals surface area contributed by atoms with Crippen molar-refractivity contribution in [2.45, 2.75) is 6.92 Å². The number of carbonyl (C=O) groups excluding carboxylic acids is 2. The molecule has 0 bridgehead atoms. The second-order valence-corrected chi connectivity index (χ2v) is 4.09. The number of hydrogen-bond acceptors (Lipinski definition) is 5. The van der Waals surface area contributed by atoms with E-state index in [0.717, 1.165) is 0 Å². The summed E-state index contributed by atoms with van der Waals surface area (Å²) in [5, 5.41) is 9.83. The Morgan fingerprint density at radius 2 is 2.10 bits per heavy atom. The van der Waals surface area contributed by atoms with Crippen LogP contribution in [0.15, 0.2) is 36.7 Å². The maximum Gasteiger partial charge on any atom is 0.257 e. The number of nitrogens with zero attached hydrogens (tertiary/aromatic N) is 2. The van der Waals surface area contributed by atoms with Crippen molar-refractivity contribution in [3.8, 4) is 5.75 Å². The van der Waals surface area contributed by atoms with Gasteiger partial charge in [-0.25, -0.2) is 0 Å². The predicted molar refractivity (Wildman–Crippen MR) is 76.1 cm³/mol. The third-order valence-electron chi connectivity index (χ3n) is 2.66. The summed E-state index contributed by atoms with van der Waals surface area (Å²) in [4.78, 5) is 23.5. The molecule has 3 N–H and O–H groups in total. The monoisotopic (exact) mass is 286 g/mol. The first-order valence-electron chi connectivity index (χ1n) is 6.26. The highest BCUT2D eigenvalue weighted by Crippen LogP contribution is 2.22. The Labute approximate surface area is 121 Å². The molecule has 2 aromatic rings. The van der Waals surface area contributed by atoms with E-state index in [9.17, 15) is 9.59 Å². The van der Waals surface area contributed by atoms with E-state index in [4.69, 9.17) is 10.5 Å². The molecule has 0 atom stereocenters. The Hall–Kier alpha value is -2.96. The molecule has 2 amide bonds. The summed E-state index contributed by atoms with van der Waals surface area (Å²) in [7, 11) is 0. The third-order valence-corrected chi connectivity index (χ3v) is 2.66. The summed E-state index contributed by atoms with van der Waals surface area (Å²) in [6.07, 6.45) is 2.73. The zero-order valence-corrected chi connectivity index (χ0v) is 11.4. The van der Waals surface area contributed by atoms with Gasteiger partial charge in [-0.1, -0.05) is 0 Å². The van der Waals surface area contributed by atoms with Crippen LogP contribution < -0.4 is 15.8 Å². The molecule has 0 aliphatic heterocycles. The predicted octanol–water partition coefficient (Wildman–Crippen LogP) is 1.23. The van der Waals surface area contributed by atoms with Gasteiger partial charge in [0, 0.05) is 0 Å². The molecule has 0 spiro atoms. The lowest BCUT2D eigenvalue weighted by Gasteiger charge is -2.11. The van der Waals surface area contributed by atoms with E-state index in [2.05, 4.69) is 15.5 Å². The SMILES string of the molecule is CCOc1ccc(NC(=O)c2ccnnc2)c(C(N)=O)c1. The smallest absolute Gasteiger partial charge is 0.257 e. The van der Waals surface area contributed by atoms with Crippen LogP contribution in [0, 0.1) is 0 Å². The lowest BCUT2D eigenvalue weighted by molar-refractivity contribution is 0.100. The van der Waals surface area contributed by atoms with Crippen LogP contribution in [0.1, 0.15) is 27.6 Å². The van der Waals surface area contributed by atoms with E-state index in [1.807, 2.05) is 6.92 Å². The molecule has 1 aromatic heterocycles. The molecular weight excluding hydrogens is 272 g/mol. The normalized spacial score (nSPS) is 9.95. The van der Waals surface area contributed by atoms with E-state index in [1.165, 1.54) is 24.5 Å². The number of rotatable bonds is 5. The van der Waals surface area contributed by atoms with Crippen molar-refractivity contribution in [2.24, 2.45) is 5.73 Å². The summed E-state index contributed by atoms with van der Waals surface area (Å²) in [6, 6.07) is 6.22. The van der Waals surface area contributed by atoms with Gasteiger partial charge in [-0.15, -0.1) is 0 Å². The van der Waals surface area contributed by atoms with Crippen LogP contribution in [0.5, 0.6) is 5.75 Å². The summed E-state index contributed by atoms with van der Waals surface area (Å²) < 4.78 is 5.30. The van der Waals surface area contributed by atoms with Gasteiger partial charge >= 0.3 is 0 Å². The fraction of sp³-hybridized carbons (Fsp3) is 0.143. The van der Waals surface area contributed by atoms with Gasteiger partial charge in [0.2, 0.25) is 0 Å². The number of ether oxygens (including phenoxy) is 1. The Morgan fingerprint density at radius 1 is 1.29 bits per heavy atom. The molecule has 7 nitrogen and oxygen atoms in total. The number of nitrogens with one attached hydrogen (secondary N) is 1. The van der Waals surface area contributed by atoms with Crippen molar-refractivity contribution in [1.29, 1.82) is 0 Å². The number of anilines is 1. The molecule has 0 saturated heterocycles. The van der Waals surface area contributed by atoms with E-state index in [0.29, 0.717) is 23.6 Å². The van der Waals surface area contributed by atoms with Gasteiger partial charge in [-0.2, -0.15) is 10.2 Å². The summed E-state index contributed by atoms with van der Waals surface area (Å²) in [5.41, 5.74) is 6.14. The minimum Gasteiger partial charge on any atom is -0.494 e. The Morgan fingerprint density at radius 3 is 2.71 bits per heavy atom. The molecule has 0 saturated carbocycles. The van der Waals surface area contributed by atoms with Crippen molar-refractivity contribution in [3.05, 3.63) is 47.8 Å². The molecule has 0 radical (unpaired) electrons. The molecule has 7 heteroatoms. The van der Waals surface area contributed by atoms with Crippen molar-refractivity contribution >= 4 is 17.5 Å². The first kappa shape index (κ1) is 14.4. The van der Waals surface area contributed by atoms with Crippen LogP contribution in [0.25, 0.3) is 0 Å². The van der Waals surface area contributed by atoms with E-state index >= 15 is 0 Å². The van der Waals surface area contributed by atoms with Gasteiger partial charge in [-0.05, 0) is 31.2 Å².